The van der Waals surface area contributed by atoms with Gasteiger partial charge in [-0.1, -0.05) is 6.42 Å². The van der Waals surface area contributed by atoms with Gasteiger partial charge in [-0.3, -0.25) is 0 Å². The van der Waals surface area contributed by atoms with E-state index in [4.69, 9.17) is 0 Å². The van der Waals surface area contributed by atoms with Crippen LogP contribution < -0.4 is 0 Å². The fraction of sp³-hybridized carbons (Fsp3) is 0.900. The molecule has 3 fully saturated rings. The van der Waals surface area contributed by atoms with Gasteiger partial charge in [0.1, 0.15) is 0 Å². The molecule has 0 spiro atoms. The van der Waals surface area contributed by atoms with Crippen LogP contribution in [0.4, 0.5) is 0 Å². The molecule has 2 bridgehead atoms. The van der Waals surface area contributed by atoms with Gasteiger partial charge in [-0.2, -0.15) is 0 Å². The van der Waals surface area contributed by atoms with E-state index in [1.807, 2.05) is 5.92 Å². The van der Waals surface area contributed by atoms with E-state index in [1.165, 1.54) is 25.2 Å². The second-order valence-corrected chi connectivity index (χ2v) is 4.36. The lowest BCUT2D eigenvalue weighted by Gasteiger charge is -2.23. The molecule has 10 heavy (non-hydrogen) atoms. The zero-order chi connectivity index (χ0) is 6.55. The average Bonchev–Trinajstić information content (AvgIpc) is 2.60. The van der Waals surface area contributed by atoms with Gasteiger partial charge < -0.3 is 0 Å². The molecule has 0 N–H and O–H groups in total. The van der Waals surface area contributed by atoms with Crippen LogP contribution in [-0.2, 0) is 0 Å². The average molecular weight is 135 g/mol. The third-order valence-corrected chi connectivity index (χ3v) is 4.06. The summed E-state index contributed by atoms with van der Waals surface area (Å²) in [5, 5.41) is 0. The lowest BCUT2D eigenvalue weighted by molar-refractivity contribution is 0.312. The maximum atomic E-state index is 1.97. The molecule has 3 aliphatic carbocycles. The van der Waals surface area contributed by atoms with Gasteiger partial charge in [0.2, 0.25) is 0 Å². The Balaban J connectivity index is 1.92. The Bertz CT molecular complexity index is 134. The van der Waals surface area contributed by atoms with Gasteiger partial charge in [0.25, 0.3) is 0 Å². The van der Waals surface area contributed by atoms with Gasteiger partial charge >= 0.3 is 0 Å². The first kappa shape index (κ1) is 5.62. The number of hydrogen-bond donors (Lipinski definition) is 0. The predicted molar refractivity (Wildman–Crippen MR) is 41.4 cm³/mol. The van der Waals surface area contributed by atoms with Crippen LogP contribution in [0.25, 0.3) is 0 Å². The highest BCUT2D eigenvalue weighted by molar-refractivity contribution is 5.15. The summed E-state index contributed by atoms with van der Waals surface area (Å²) in [5.74, 6) is 5.41. The van der Waals surface area contributed by atoms with E-state index in [1.54, 1.807) is 19.3 Å². The summed E-state index contributed by atoms with van der Waals surface area (Å²) in [6.45, 7) is 0. The molecular weight excluding hydrogens is 120 g/mol. The van der Waals surface area contributed by atoms with Crippen LogP contribution in [0.1, 0.15) is 38.5 Å². The standard InChI is InChI=1S/C10H15/c1-2-9-7-4-5-8(6-7)10(9)3-1/h7,9-10H,1-6H2. The number of rotatable bonds is 0. The van der Waals surface area contributed by atoms with Crippen LogP contribution in [0, 0.1) is 23.7 Å². The Morgan fingerprint density at radius 1 is 1.10 bits per heavy atom. The first-order valence-electron chi connectivity index (χ1n) is 4.80. The molecule has 0 nitrogen and oxygen atoms in total. The first-order chi connectivity index (χ1) is 4.95. The Morgan fingerprint density at radius 3 is 3.00 bits per heavy atom. The molecule has 3 rings (SSSR count). The van der Waals surface area contributed by atoms with Gasteiger partial charge in [-0.15, -0.1) is 0 Å². The summed E-state index contributed by atoms with van der Waals surface area (Å²) in [4.78, 5) is 0. The third-order valence-electron chi connectivity index (χ3n) is 4.06. The molecule has 0 heterocycles. The summed E-state index contributed by atoms with van der Waals surface area (Å²) in [5.41, 5.74) is 0. The van der Waals surface area contributed by atoms with Crippen molar-refractivity contribution >= 4 is 0 Å². The Hall–Kier alpha value is 0. The smallest absolute Gasteiger partial charge is 0.0204 e. The molecule has 0 aromatic rings. The molecule has 3 unspecified atom stereocenters. The van der Waals surface area contributed by atoms with E-state index in [0.29, 0.717) is 0 Å². The van der Waals surface area contributed by atoms with Crippen molar-refractivity contribution in [1.82, 2.24) is 0 Å². The molecule has 3 aliphatic rings. The summed E-state index contributed by atoms with van der Waals surface area (Å²) >= 11 is 0. The highest BCUT2D eigenvalue weighted by Crippen LogP contribution is 2.59. The van der Waals surface area contributed by atoms with Crippen molar-refractivity contribution in [3.8, 4) is 0 Å². The molecule has 1 radical (unpaired) electrons. The highest BCUT2D eigenvalue weighted by Gasteiger charge is 2.49. The van der Waals surface area contributed by atoms with E-state index >= 15 is 0 Å². The van der Waals surface area contributed by atoms with Gasteiger partial charge in [-0.05, 0) is 55.8 Å². The molecule has 0 saturated heterocycles. The summed E-state index contributed by atoms with van der Waals surface area (Å²) in [7, 11) is 0. The molecule has 0 aliphatic heterocycles. The molecular formula is C10H15. The molecule has 0 heteroatoms. The SMILES string of the molecule is C1CC2[C]3CCC(C3)C2C1. The third kappa shape index (κ3) is 0.538. The topological polar surface area (TPSA) is 0 Å². The van der Waals surface area contributed by atoms with Crippen LogP contribution in [0.5, 0.6) is 0 Å². The lowest BCUT2D eigenvalue weighted by Crippen LogP contribution is -2.15. The monoisotopic (exact) mass is 135 g/mol. The minimum Gasteiger partial charge on any atom is -0.0527 e. The van der Waals surface area contributed by atoms with Crippen LogP contribution in [0.3, 0.4) is 0 Å². The van der Waals surface area contributed by atoms with Crippen molar-refractivity contribution in [2.24, 2.45) is 17.8 Å². The van der Waals surface area contributed by atoms with Crippen LogP contribution >= 0.6 is 0 Å². The van der Waals surface area contributed by atoms with Crippen LogP contribution in [-0.4, -0.2) is 0 Å². The number of hydrogen-bond acceptors (Lipinski definition) is 0. The van der Waals surface area contributed by atoms with E-state index < -0.39 is 0 Å². The Morgan fingerprint density at radius 2 is 2.10 bits per heavy atom. The normalized spacial score (nSPS) is 52.2. The minimum absolute atomic E-state index is 1.12. The van der Waals surface area contributed by atoms with E-state index in [0.717, 1.165) is 11.8 Å². The van der Waals surface area contributed by atoms with E-state index in [2.05, 4.69) is 0 Å². The molecule has 3 atom stereocenters. The van der Waals surface area contributed by atoms with Crippen molar-refractivity contribution < 1.29 is 0 Å². The summed E-state index contributed by atoms with van der Waals surface area (Å²) < 4.78 is 0. The second kappa shape index (κ2) is 1.78. The Kier molecular flexibility index (Phi) is 1.00. The predicted octanol–water partition coefficient (Wildman–Crippen LogP) is 2.79. The maximum Gasteiger partial charge on any atom is -0.0204 e. The van der Waals surface area contributed by atoms with Gasteiger partial charge in [-0.25, -0.2) is 0 Å². The lowest BCUT2D eigenvalue weighted by atomic mass is 9.82. The quantitative estimate of drug-likeness (QED) is 0.479. The van der Waals surface area contributed by atoms with Crippen molar-refractivity contribution in [2.45, 2.75) is 38.5 Å². The molecule has 0 amide bonds. The van der Waals surface area contributed by atoms with Crippen molar-refractivity contribution in [3.63, 3.8) is 0 Å². The first-order valence-corrected chi connectivity index (χ1v) is 4.80. The zero-order valence-electron chi connectivity index (χ0n) is 6.47. The van der Waals surface area contributed by atoms with Crippen molar-refractivity contribution in [1.29, 1.82) is 0 Å². The minimum atomic E-state index is 1.12. The molecule has 55 valence electrons. The highest BCUT2D eigenvalue weighted by atomic mass is 14.5. The summed E-state index contributed by atoms with van der Waals surface area (Å²) in [6, 6.07) is 0. The van der Waals surface area contributed by atoms with Crippen LogP contribution in [0.2, 0.25) is 0 Å². The number of fused-ring (bicyclic) bond motifs is 5. The summed E-state index contributed by atoms with van der Waals surface area (Å²) in [6.07, 6.45) is 9.25. The van der Waals surface area contributed by atoms with Gasteiger partial charge in [0.05, 0.1) is 0 Å². The van der Waals surface area contributed by atoms with Crippen LogP contribution in [0.15, 0.2) is 0 Å². The fourth-order valence-electron chi connectivity index (χ4n) is 3.67. The zero-order valence-corrected chi connectivity index (χ0v) is 6.47. The van der Waals surface area contributed by atoms with Gasteiger partial charge in [0.15, 0.2) is 0 Å². The maximum absolute atomic E-state index is 1.97. The van der Waals surface area contributed by atoms with E-state index in [9.17, 15) is 0 Å². The van der Waals surface area contributed by atoms with E-state index in [-0.39, 0.29) is 0 Å². The molecule has 0 aromatic heterocycles. The largest absolute Gasteiger partial charge is 0.0527 e. The van der Waals surface area contributed by atoms with Gasteiger partial charge in [0, 0.05) is 0 Å². The van der Waals surface area contributed by atoms with Crippen molar-refractivity contribution in [2.75, 3.05) is 0 Å². The fourth-order valence-corrected chi connectivity index (χ4v) is 3.67. The second-order valence-electron chi connectivity index (χ2n) is 4.36. The van der Waals surface area contributed by atoms with Crippen molar-refractivity contribution in [3.05, 3.63) is 5.92 Å². The Labute approximate surface area is 63.0 Å². The molecule has 3 saturated carbocycles. The molecule has 0 aromatic carbocycles.